The van der Waals surface area contributed by atoms with Crippen molar-refractivity contribution in [1.29, 1.82) is 0 Å². The third kappa shape index (κ3) is 3.12. The standard InChI is InChI=1S/C11H16O3.Cr/c1-6(2)8-5-9(7(3)4)14-10(8)11(12)13;/h5-7H,1-4H3,(H,12,13);. The predicted molar refractivity (Wildman–Crippen MR) is 53.8 cm³/mol. The Hall–Kier alpha value is -0.718. The van der Waals surface area contributed by atoms with Crippen molar-refractivity contribution in [3.8, 4) is 0 Å². The summed E-state index contributed by atoms with van der Waals surface area (Å²) in [6.45, 7) is 7.88. The molecular formula is C11H16CrO3. The second kappa shape index (κ2) is 5.39. The molecule has 0 aliphatic carbocycles. The fourth-order valence-corrected chi connectivity index (χ4v) is 1.31. The maximum atomic E-state index is 10.9. The van der Waals surface area contributed by atoms with Gasteiger partial charge in [0.05, 0.1) is 0 Å². The number of furan rings is 1. The molecule has 0 atom stereocenters. The van der Waals surface area contributed by atoms with E-state index in [-0.39, 0.29) is 35.0 Å². The molecule has 1 heterocycles. The van der Waals surface area contributed by atoms with Gasteiger partial charge in [-0.25, -0.2) is 4.79 Å². The van der Waals surface area contributed by atoms with Crippen molar-refractivity contribution < 1.29 is 31.7 Å². The van der Waals surface area contributed by atoms with Crippen LogP contribution in [0.2, 0.25) is 0 Å². The second-order valence-electron chi connectivity index (χ2n) is 4.05. The molecule has 84 valence electrons. The summed E-state index contributed by atoms with van der Waals surface area (Å²) < 4.78 is 5.30. The molecule has 0 amide bonds. The largest absolute Gasteiger partial charge is 0.475 e. The molecule has 3 nitrogen and oxygen atoms in total. The molecule has 0 fully saturated rings. The van der Waals surface area contributed by atoms with Crippen LogP contribution in [0.15, 0.2) is 10.5 Å². The van der Waals surface area contributed by atoms with Crippen LogP contribution in [0, 0.1) is 0 Å². The van der Waals surface area contributed by atoms with Crippen LogP contribution >= 0.6 is 0 Å². The van der Waals surface area contributed by atoms with Crippen LogP contribution in [-0.2, 0) is 17.4 Å². The number of hydrogen-bond acceptors (Lipinski definition) is 2. The van der Waals surface area contributed by atoms with Crippen LogP contribution in [0.3, 0.4) is 0 Å². The number of carbonyl (C=O) groups is 1. The van der Waals surface area contributed by atoms with Crippen LogP contribution < -0.4 is 0 Å². The summed E-state index contributed by atoms with van der Waals surface area (Å²) in [4.78, 5) is 10.9. The third-order valence-electron chi connectivity index (χ3n) is 2.17. The van der Waals surface area contributed by atoms with Crippen molar-refractivity contribution in [3.63, 3.8) is 0 Å². The maximum absolute atomic E-state index is 10.9. The Bertz CT molecular complexity index is 340. The van der Waals surface area contributed by atoms with E-state index >= 15 is 0 Å². The van der Waals surface area contributed by atoms with Gasteiger partial charge < -0.3 is 9.52 Å². The van der Waals surface area contributed by atoms with Gasteiger partial charge in [-0.3, -0.25) is 0 Å². The van der Waals surface area contributed by atoms with Crippen molar-refractivity contribution in [3.05, 3.63) is 23.2 Å². The zero-order valence-corrected chi connectivity index (χ0v) is 10.7. The third-order valence-corrected chi connectivity index (χ3v) is 2.17. The molecule has 0 saturated carbocycles. The van der Waals surface area contributed by atoms with E-state index in [9.17, 15) is 4.79 Å². The Morgan fingerprint density at radius 2 is 1.80 bits per heavy atom. The van der Waals surface area contributed by atoms with Crippen molar-refractivity contribution >= 4 is 5.97 Å². The van der Waals surface area contributed by atoms with Crippen molar-refractivity contribution in [2.75, 3.05) is 0 Å². The molecule has 0 saturated heterocycles. The van der Waals surface area contributed by atoms with E-state index in [0.29, 0.717) is 0 Å². The molecule has 1 aromatic heterocycles. The first-order chi connectivity index (χ1) is 6.43. The number of carboxylic acids is 1. The molecule has 0 bridgehead atoms. The molecule has 0 spiro atoms. The smallest absolute Gasteiger partial charge is 0.372 e. The van der Waals surface area contributed by atoms with E-state index in [1.54, 1.807) is 0 Å². The minimum Gasteiger partial charge on any atom is -0.475 e. The maximum Gasteiger partial charge on any atom is 0.372 e. The van der Waals surface area contributed by atoms with Crippen molar-refractivity contribution in [1.82, 2.24) is 0 Å². The average molecular weight is 248 g/mol. The summed E-state index contributed by atoms with van der Waals surface area (Å²) >= 11 is 0. The van der Waals surface area contributed by atoms with Gasteiger partial charge in [0, 0.05) is 28.8 Å². The Morgan fingerprint density at radius 1 is 1.27 bits per heavy atom. The molecule has 4 heteroatoms. The average Bonchev–Trinajstić information content (AvgIpc) is 2.47. The van der Waals surface area contributed by atoms with Gasteiger partial charge in [0.1, 0.15) is 5.76 Å². The van der Waals surface area contributed by atoms with E-state index in [2.05, 4.69) is 0 Å². The normalized spacial score (nSPS) is 10.5. The van der Waals surface area contributed by atoms with Crippen LogP contribution in [0.4, 0.5) is 0 Å². The Balaban J connectivity index is 0.00000196. The van der Waals surface area contributed by atoms with Crippen LogP contribution in [0.1, 0.15) is 61.4 Å². The van der Waals surface area contributed by atoms with Gasteiger partial charge >= 0.3 is 5.97 Å². The monoisotopic (exact) mass is 248 g/mol. The van der Waals surface area contributed by atoms with Gasteiger partial charge in [-0.2, -0.15) is 0 Å². The van der Waals surface area contributed by atoms with Gasteiger partial charge in [0.15, 0.2) is 0 Å². The van der Waals surface area contributed by atoms with Gasteiger partial charge in [-0.15, -0.1) is 0 Å². The van der Waals surface area contributed by atoms with E-state index < -0.39 is 5.97 Å². The first-order valence-electron chi connectivity index (χ1n) is 4.80. The zero-order valence-electron chi connectivity index (χ0n) is 9.40. The fourth-order valence-electron chi connectivity index (χ4n) is 1.31. The summed E-state index contributed by atoms with van der Waals surface area (Å²) in [5.41, 5.74) is 0.779. The summed E-state index contributed by atoms with van der Waals surface area (Å²) in [5, 5.41) is 8.92. The summed E-state index contributed by atoms with van der Waals surface area (Å²) in [6, 6.07) is 1.85. The first kappa shape index (κ1) is 14.3. The van der Waals surface area contributed by atoms with E-state index in [0.717, 1.165) is 11.3 Å². The molecule has 0 radical (unpaired) electrons. The molecule has 0 aliphatic rings. The number of rotatable bonds is 3. The van der Waals surface area contributed by atoms with E-state index in [1.807, 2.05) is 33.8 Å². The molecule has 1 rings (SSSR count). The molecule has 0 unspecified atom stereocenters. The zero-order chi connectivity index (χ0) is 10.9. The molecule has 15 heavy (non-hydrogen) atoms. The van der Waals surface area contributed by atoms with E-state index in [4.69, 9.17) is 9.52 Å². The van der Waals surface area contributed by atoms with Gasteiger partial charge in [0.2, 0.25) is 5.76 Å². The molecule has 0 aromatic carbocycles. The topological polar surface area (TPSA) is 50.4 Å². The minimum atomic E-state index is -0.986. The summed E-state index contributed by atoms with van der Waals surface area (Å²) in [6.07, 6.45) is 0. The van der Waals surface area contributed by atoms with Crippen LogP contribution in [0.25, 0.3) is 0 Å². The van der Waals surface area contributed by atoms with Crippen molar-refractivity contribution in [2.45, 2.75) is 39.5 Å². The Labute approximate surface area is 101 Å². The Morgan fingerprint density at radius 3 is 2.07 bits per heavy atom. The van der Waals surface area contributed by atoms with E-state index in [1.165, 1.54) is 0 Å². The first-order valence-corrected chi connectivity index (χ1v) is 4.80. The number of hydrogen-bond donors (Lipinski definition) is 1. The number of aromatic carboxylic acids is 1. The number of carboxylic acid groups (broad SMARTS) is 1. The quantitative estimate of drug-likeness (QED) is 0.893. The minimum absolute atomic E-state index is 0. The predicted octanol–water partition coefficient (Wildman–Crippen LogP) is 3.22. The molecule has 1 N–H and O–H groups in total. The molecule has 0 aliphatic heterocycles. The van der Waals surface area contributed by atoms with Gasteiger partial charge in [-0.05, 0) is 12.0 Å². The summed E-state index contributed by atoms with van der Waals surface area (Å²) in [7, 11) is 0. The van der Waals surface area contributed by atoms with Crippen LogP contribution in [-0.4, -0.2) is 11.1 Å². The van der Waals surface area contributed by atoms with Gasteiger partial charge in [0.25, 0.3) is 0 Å². The second-order valence-corrected chi connectivity index (χ2v) is 4.05. The van der Waals surface area contributed by atoms with Gasteiger partial charge in [-0.1, -0.05) is 27.7 Å². The molecule has 1 aromatic rings. The molecular weight excluding hydrogens is 232 g/mol. The SMILES string of the molecule is CC(C)c1cc(C(C)C)c(C(=O)O)o1.[Cr]. The Kier molecular flexibility index (Phi) is 5.13. The summed E-state index contributed by atoms with van der Waals surface area (Å²) in [5.74, 6) is 0.244. The van der Waals surface area contributed by atoms with Crippen molar-refractivity contribution in [2.24, 2.45) is 0 Å². The van der Waals surface area contributed by atoms with Crippen LogP contribution in [0.5, 0.6) is 0 Å². The fraction of sp³-hybridized carbons (Fsp3) is 0.545.